The lowest BCUT2D eigenvalue weighted by atomic mass is 9.96. The molecule has 0 bridgehead atoms. The van der Waals surface area contributed by atoms with Crippen LogP contribution in [0.4, 0.5) is 0 Å². The van der Waals surface area contributed by atoms with Crippen molar-refractivity contribution < 1.29 is 14.6 Å². The summed E-state index contributed by atoms with van der Waals surface area (Å²) in [6.45, 7) is 4.85. The third kappa shape index (κ3) is 8.81. The van der Waals surface area contributed by atoms with Gasteiger partial charge in [-0.05, 0) is 23.3 Å². The normalized spacial score (nSPS) is 15.8. The Morgan fingerprint density at radius 3 is 2.19 bits per heavy atom. The Morgan fingerprint density at radius 1 is 0.968 bits per heavy atom. The van der Waals surface area contributed by atoms with Crippen molar-refractivity contribution in [1.82, 2.24) is 9.80 Å². The van der Waals surface area contributed by atoms with Crippen LogP contribution in [-0.2, 0) is 9.53 Å². The van der Waals surface area contributed by atoms with Gasteiger partial charge in [0.2, 0.25) is 0 Å². The van der Waals surface area contributed by atoms with Crippen LogP contribution in [0.15, 0.2) is 66.7 Å². The van der Waals surface area contributed by atoms with E-state index in [1.54, 1.807) is 0 Å². The van der Waals surface area contributed by atoms with E-state index in [1.807, 2.05) is 30.4 Å². The highest BCUT2D eigenvalue weighted by Crippen LogP contribution is 2.30. The van der Waals surface area contributed by atoms with E-state index < -0.39 is 5.97 Å². The molecule has 0 radical (unpaired) electrons. The van der Waals surface area contributed by atoms with Crippen LogP contribution in [0.5, 0.6) is 0 Å². The van der Waals surface area contributed by atoms with Crippen LogP contribution in [-0.4, -0.2) is 66.8 Å². The summed E-state index contributed by atoms with van der Waals surface area (Å²) in [4.78, 5) is 15.3. The van der Waals surface area contributed by atoms with Gasteiger partial charge in [0.15, 0.2) is 0 Å². The SMILES string of the molecule is Cl.Cl.O=C(O)COC/C=C\CN1CCN([C@H](c2ccccc2)c2ccc(Cl)cc2)CC1. The lowest BCUT2D eigenvalue weighted by Crippen LogP contribution is -2.47. The second kappa shape index (κ2) is 14.5. The number of aliphatic carboxylic acids is 1. The first-order valence-corrected chi connectivity index (χ1v) is 10.2. The molecule has 5 nitrogen and oxygen atoms in total. The van der Waals surface area contributed by atoms with E-state index in [1.165, 1.54) is 11.1 Å². The quantitative estimate of drug-likeness (QED) is 0.415. The molecular formula is C23H29Cl3N2O3. The Kier molecular flexibility index (Phi) is 12.8. The summed E-state index contributed by atoms with van der Waals surface area (Å²) in [6.07, 6.45) is 3.93. The molecular weight excluding hydrogens is 459 g/mol. The van der Waals surface area contributed by atoms with E-state index in [4.69, 9.17) is 21.4 Å². The zero-order valence-electron chi connectivity index (χ0n) is 17.2. The number of nitrogens with zero attached hydrogens (tertiary/aromatic N) is 2. The van der Waals surface area contributed by atoms with Gasteiger partial charge in [0.1, 0.15) is 6.61 Å². The second-order valence-electron chi connectivity index (χ2n) is 7.08. The van der Waals surface area contributed by atoms with Crippen molar-refractivity contribution >= 4 is 42.4 Å². The Hall–Kier alpha value is -1.60. The minimum absolute atomic E-state index is 0. The zero-order chi connectivity index (χ0) is 20.5. The van der Waals surface area contributed by atoms with Crippen LogP contribution in [0.1, 0.15) is 17.2 Å². The molecule has 8 heteroatoms. The molecule has 31 heavy (non-hydrogen) atoms. The summed E-state index contributed by atoms with van der Waals surface area (Å²) in [5, 5.41) is 9.31. The average Bonchev–Trinajstić information content (AvgIpc) is 2.74. The molecule has 1 atom stereocenters. The van der Waals surface area contributed by atoms with Crippen molar-refractivity contribution in [3.63, 3.8) is 0 Å². The monoisotopic (exact) mass is 486 g/mol. The summed E-state index contributed by atoms with van der Waals surface area (Å²) in [5.41, 5.74) is 2.54. The van der Waals surface area contributed by atoms with Gasteiger partial charge >= 0.3 is 5.97 Å². The highest BCUT2D eigenvalue weighted by molar-refractivity contribution is 6.30. The number of carboxylic acid groups (broad SMARTS) is 1. The van der Waals surface area contributed by atoms with Crippen molar-refractivity contribution in [2.45, 2.75) is 6.04 Å². The molecule has 170 valence electrons. The van der Waals surface area contributed by atoms with Crippen molar-refractivity contribution in [3.05, 3.63) is 82.9 Å². The molecule has 1 fully saturated rings. The number of benzene rings is 2. The van der Waals surface area contributed by atoms with Crippen LogP contribution in [0.3, 0.4) is 0 Å². The fourth-order valence-electron chi connectivity index (χ4n) is 3.60. The third-order valence-electron chi connectivity index (χ3n) is 5.04. The van der Waals surface area contributed by atoms with Crippen LogP contribution < -0.4 is 0 Å². The Balaban J connectivity index is 0.00000240. The first-order chi connectivity index (χ1) is 14.1. The highest BCUT2D eigenvalue weighted by atomic mass is 35.5. The molecule has 0 spiro atoms. The molecule has 1 aliphatic heterocycles. The summed E-state index contributed by atoms with van der Waals surface area (Å²) >= 11 is 6.10. The maximum atomic E-state index is 10.4. The minimum Gasteiger partial charge on any atom is -0.480 e. The first kappa shape index (κ1) is 27.4. The van der Waals surface area contributed by atoms with Crippen molar-refractivity contribution in [1.29, 1.82) is 0 Å². The van der Waals surface area contributed by atoms with E-state index in [0.717, 1.165) is 37.7 Å². The van der Waals surface area contributed by atoms with Crippen LogP contribution >= 0.6 is 36.4 Å². The summed E-state index contributed by atoms with van der Waals surface area (Å²) < 4.78 is 5.02. The zero-order valence-corrected chi connectivity index (χ0v) is 19.6. The van der Waals surface area contributed by atoms with Gasteiger partial charge in [0.05, 0.1) is 12.6 Å². The van der Waals surface area contributed by atoms with Crippen LogP contribution in [0, 0.1) is 0 Å². The van der Waals surface area contributed by atoms with Gasteiger partial charge in [-0.25, -0.2) is 4.79 Å². The summed E-state index contributed by atoms with van der Waals surface area (Å²) in [5.74, 6) is -0.942. The van der Waals surface area contributed by atoms with E-state index in [2.05, 4.69) is 46.2 Å². The molecule has 0 saturated carbocycles. The fourth-order valence-corrected chi connectivity index (χ4v) is 3.73. The maximum Gasteiger partial charge on any atom is 0.329 e. The van der Waals surface area contributed by atoms with Gasteiger partial charge in [0, 0.05) is 37.7 Å². The fraction of sp³-hybridized carbons (Fsp3) is 0.348. The van der Waals surface area contributed by atoms with Crippen LogP contribution in [0.25, 0.3) is 0 Å². The van der Waals surface area contributed by atoms with Gasteiger partial charge in [-0.2, -0.15) is 0 Å². The van der Waals surface area contributed by atoms with Gasteiger partial charge < -0.3 is 9.84 Å². The number of ether oxygens (including phenoxy) is 1. The third-order valence-corrected chi connectivity index (χ3v) is 5.29. The largest absolute Gasteiger partial charge is 0.480 e. The number of halogens is 3. The van der Waals surface area contributed by atoms with Crippen LogP contribution in [0.2, 0.25) is 5.02 Å². The molecule has 1 saturated heterocycles. The summed E-state index contributed by atoms with van der Waals surface area (Å²) in [7, 11) is 0. The standard InChI is InChI=1S/C23H27ClN2O3.2ClH/c24-21-10-8-20(9-11-21)23(19-6-2-1-3-7-19)26-15-13-25(14-16-26)12-4-5-17-29-18-22(27)28;;/h1-11,23H,12-18H2,(H,27,28);2*1H/b5-4-;;/t23-;;/m1../s1. The lowest BCUT2D eigenvalue weighted by Gasteiger charge is -2.39. The molecule has 0 aliphatic carbocycles. The highest BCUT2D eigenvalue weighted by Gasteiger charge is 2.25. The van der Waals surface area contributed by atoms with Gasteiger partial charge in [0.25, 0.3) is 0 Å². The lowest BCUT2D eigenvalue weighted by molar-refractivity contribution is -0.141. The molecule has 3 rings (SSSR count). The second-order valence-corrected chi connectivity index (χ2v) is 7.52. The number of carbonyl (C=O) groups is 1. The molecule has 0 unspecified atom stereocenters. The number of hydrogen-bond acceptors (Lipinski definition) is 4. The first-order valence-electron chi connectivity index (χ1n) is 9.85. The molecule has 1 N–H and O–H groups in total. The number of carboxylic acids is 1. The molecule has 1 heterocycles. The van der Waals surface area contributed by atoms with E-state index in [9.17, 15) is 4.79 Å². The van der Waals surface area contributed by atoms with Gasteiger partial charge in [-0.15, -0.1) is 24.8 Å². The topological polar surface area (TPSA) is 53.0 Å². The Labute approximate surface area is 201 Å². The minimum atomic E-state index is -0.942. The maximum absolute atomic E-state index is 10.4. The molecule has 0 aromatic heterocycles. The molecule has 1 aliphatic rings. The van der Waals surface area contributed by atoms with Crippen molar-refractivity contribution in [3.8, 4) is 0 Å². The average molecular weight is 488 g/mol. The Bertz CT molecular complexity index is 795. The molecule has 2 aromatic carbocycles. The molecule has 0 amide bonds. The van der Waals surface area contributed by atoms with Gasteiger partial charge in [-0.1, -0.05) is 66.2 Å². The number of hydrogen-bond donors (Lipinski definition) is 1. The number of rotatable bonds is 9. The van der Waals surface area contributed by atoms with Gasteiger partial charge in [-0.3, -0.25) is 9.80 Å². The smallest absolute Gasteiger partial charge is 0.329 e. The summed E-state index contributed by atoms with van der Waals surface area (Å²) in [6, 6.07) is 19.0. The molecule has 2 aromatic rings. The van der Waals surface area contributed by atoms with Crippen molar-refractivity contribution in [2.75, 3.05) is 45.9 Å². The van der Waals surface area contributed by atoms with E-state index >= 15 is 0 Å². The van der Waals surface area contributed by atoms with E-state index in [-0.39, 0.29) is 37.5 Å². The predicted molar refractivity (Wildman–Crippen MR) is 130 cm³/mol. The Morgan fingerprint density at radius 2 is 1.58 bits per heavy atom. The number of piperazine rings is 1. The predicted octanol–water partition coefficient (Wildman–Crippen LogP) is 4.55. The van der Waals surface area contributed by atoms with Crippen molar-refractivity contribution in [2.24, 2.45) is 0 Å². The van der Waals surface area contributed by atoms with E-state index in [0.29, 0.717) is 6.61 Å².